The number of rotatable bonds is 8. The molecule has 1 saturated carbocycles. The van der Waals surface area contributed by atoms with Crippen LogP contribution in [0.25, 0.3) is 0 Å². The zero-order valence-corrected chi connectivity index (χ0v) is 11.3. The molecule has 0 aliphatic heterocycles. The van der Waals surface area contributed by atoms with E-state index in [0.717, 1.165) is 32.2 Å². The summed E-state index contributed by atoms with van der Waals surface area (Å²) in [5, 5.41) is 6.13. The van der Waals surface area contributed by atoms with Gasteiger partial charge in [-0.3, -0.25) is 4.79 Å². The Bertz CT molecular complexity index is 215. The first kappa shape index (κ1) is 14.5. The monoisotopic (exact) mass is 241 g/mol. The van der Waals surface area contributed by atoms with Gasteiger partial charge in [-0.05, 0) is 26.8 Å². The fraction of sp³-hybridized carbons (Fsp3) is 0.923. The quantitative estimate of drug-likeness (QED) is 0.623. The summed E-state index contributed by atoms with van der Waals surface area (Å²) in [5.74, 6) is 0.143. The molecule has 100 valence electrons. The Morgan fingerprint density at radius 3 is 2.65 bits per heavy atom. The molecule has 1 aliphatic carbocycles. The number of likely N-dealkylation sites (N-methyl/N-ethyl adjacent to an activating group) is 1. The summed E-state index contributed by atoms with van der Waals surface area (Å²) in [4.78, 5) is 13.6. The molecule has 0 bridgehead atoms. The van der Waals surface area contributed by atoms with Gasteiger partial charge in [0.15, 0.2) is 0 Å². The van der Waals surface area contributed by atoms with Gasteiger partial charge in [0.2, 0.25) is 5.91 Å². The van der Waals surface area contributed by atoms with Crippen LogP contribution in [0.2, 0.25) is 0 Å². The average molecular weight is 241 g/mol. The van der Waals surface area contributed by atoms with Crippen molar-refractivity contribution in [1.29, 1.82) is 0 Å². The molecule has 1 rings (SSSR count). The summed E-state index contributed by atoms with van der Waals surface area (Å²) < 4.78 is 0. The summed E-state index contributed by atoms with van der Waals surface area (Å²) in [6, 6.07) is 0.792. The van der Waals surface area contributed by atoms with E-state index in [1.165, 1.54) is 25.7 Å². The van der Waals surface area contributed by atoms with Gasteiger partial charge in [-0.2, -0.15) is 0 Å². The topological polar surface area (TPSA) is 44.4 Å². The van der Waals surface area contributed by atoms with Crippen LogP contribution in [-0.2, 0) is 4.79 Å². The van der Waals surface area contributed by atoms with Gasteiger partial charge in [-0.15, -0.1) is 0 Å². The molecular weight excluding hydrogens is 214 g/mol. The van der Waals surface area contributed by atoms with Crippen molar-refractivity contribution in [3.8, 4) is 0 Å². The molecule has 4 heteroatoms. The molecule has 0 aromatic heterocycles. The molecule has 0 aromatic rings. The van der Waals surface area contributed by atoms with Gasteiger partial charge < -0.3 is 15.5 Å². The third kappa shape index (κ3) is 6.03. The van der Waals surface area contributed by atoms with Crippen LogP contribution in [0.1, 0.15) is 39.0 Å². The Kier molecular flexibility index (Phi) is 7.21. The Morgan fingerprint density at radius 1 is 1.29 bits per heavy atom. The lowest BCUT2D eigenvalue weighted by Crippen LogP contribution is -2.36. The van der Waals surface area contributed by atoms with Crippen LogP contribution in [0, 0.1) is 0 Å². The van der Waals surface area contributed by atoms with Crippen molar-refractivity contribution < 1.29 is 4.79 Å². The van der Waals surface area contributed by atoms with E-state index in [4.69, 9.17) is 0 Å². The van der Waals surface area contributed by atoms with Crippen molar-refractivity contribution in [3.05, 3.63) is 0 Å². The van der Waals surface area contributed by atoms with Crippen LogP contribution >= 0.6 is 0 Å². The molecule has 1 fully saturated rings. The van der Waals surface area contributed by atoms with Crippen LogP contribution in [-0.4, -0.2) is 50.1 Å². The van der Waals surface area contributed by atoms with E-state index in [2.05, 4.69) is 22.6 Å². The average Bonchev–Trinajstić information content (AvgIpc) is 2.82. The lowest BCUT2D eigenvalue weighted by Gasteiger charge is -2.23. The fourth-order valence-electron chi connectivity index (χ4n) is 2.40. The number of hydrogen-bond donors (Lipinski definition) is 2. The lowest BCUT2D eigenvalue weighted by atomic mass is 10.2. The first-order chi connectivity index (χ1) is 8.24. The maximum atomic E-state index is 11.2. The maximum absolute atomic E-state index is 11.2. The summed E-state index contributed by atoms with van der Waals surface area (Å²) in [7, 11) is 2.21. The summed E-state index contributed by atoms with van der Waals surface area (Å²) in [6.45, 7) is 5.52. The molecule has 0 spiro atoms. The van der Waals surface area contributed by atoms with Crippen LogP contribution < -0.4 is 10.6 Å². The predicted octanol–water partition coefficient (Wildman–Crippen LogP) is 0.977. The molecule has 0 unspecified atom stereocenters. The number of nitrogens with zero attached hydrogens (tertiary/aromatic N) is 1. The summed E-state index contributed by atoms with van der Waals surface area (Å²) in [5.41, 5.74) is 0. The molecule has 0 heterocycles. The van der Waals surface area contributed by atoms with Gasteiger partial charge in [0.1, 0.15) is 0 Å². The molecule has 4 nitrogen and oxygen atoms in total. The van der Waals surface area contributed by atoms with Crippen LogP contribution in [0.5, 0.6) is 0 Å². The predicted molar refractivity (Wildman–Crippen MR) is 71.1 cm³/mol. The minimum atomic E-state index is 0.143. The summed E-state index contributed by atoms with van der Waals surface area (Å²) >= 11 is 0. The van der Waals surface area contributed by atoms with Crippen LogP contribution in [0.15, 0.2) is 0 Å². The normalized spacial score (nSPS) is 16.6. The molecule has 17 heavy (non-hydrogen) atoms. The highest BCUT2D eigenvalue weighted by Gasteiger charge is 2.18. The molecule has 1 amide bonds. The second-order valence-electron chi connectivity index (χ2n) is 4.87. The van der Waals surface area contributed by atoms with E-state index in [-0.39, 0.29) is 5.91 Å². The summed E-state index contributed by atoms with van der Waals surface area (Å²) in [6.07, 6.45) is 6.07. The first-order valence-electron chi connectivity index (χ1n) is 6.91. The smallest absolute Gasteiger partial charge is 0.221 e. The van der Waals surface area contributed by atoms with Crippen molar-refractivity contribution >= 4 is 5.91 Å². The molecule has 0 saturated heterocycles. The van der Waals surface area contributed by atoms with Gasteiger partial charge in [-0.1, -0.05) is 12.8 Å². The molecule has 0 atom stereocenters. The number of carbonyl (C=O) groups is 1. The van der Waals surface area contributed by atoms with Crippen LogP contribution in [0.3, 0.4) is 0 Å². The van der Waals surface area contributed by atoms with E-state index in [0.29, 0.717) is 6.42 Å². The standard InChI is InChI=1S/C13H27N3O/c1-3-15-13(17)8-9-14-10-11-16(2)12-6-4-5-7-12/h12,14H,3-11H2,1-2H3,(H,15,17). The van der Waals surface area contributed by atoms with E-state index in [1.54, 1.807) is 0 Å². The zero-order chi connectivity index (χ0) is 12.5. The minimum absolute atomic E-state index is 0.143. The van der Waals surface area contributed by atoms with E-state index in [1.807, 2.05) is 6.92 Å². The highest BCUT2D eigenvalue weighted by molar-refractivity contribution is 5.75. The Hall–Kier alpha value is -0.610. The second-order valence-corrected chi connectivity index (χ2v) is 4.87. The second kappa shape index (κ2) is 8.48. The van der Waals surface area contributed by atoms with Crippen molar-refractivity contribution in [2.24, 2.45) is 0 Å². The third-order valence-electron chi connectivity index (χ3n) is 3.49. The number of nitrogens with one attached hydrogen (secondary N) is 2. The highest BCUT2D eigenvalue weighted by Crippen LogP contribution is 2.21. The maximum Gasteiger partial charge on any atom is 0.221 e. The van der Waals surface area contributed by atoms with Crippen molar-refractivity contribution in [2.45, 2.75) is 45.1 Å². The third-order valence-corrected chi connectivity index (χ3v) is 3.49. The van der Waals surface area contributed by atoms with Crippen molar-refractivity contribution in [3.63, 3.8) is 0 Å². The largest absolute Gasteiger partial charge is 0.356 e. The molecular formula is C13H27N3O. The molecule has 0 aromatic carbocycles. The molecule has 0 radical (unpaired) electrons. The molecule has 1 aliphatic rings. The Balaban J connectivity index is 1.94. The first-order valence-corrected chi connectivity index (χ1v) is 6.91. The van der Waals surface area contributed by atoms with Crippen LogP contribution in [0.4, 0.5) is 0 Å². The van der Waals surface area contributed by atoms with E-state index in [9.17, 15) is 4.79 Å². The molecule has 2 N–H and O–H groups in total. The number of carbonyl (C=O) groups excluding carboxylic acids is 1. The van der Waals surface area contributed by atoms with E-state index >= 15 is 0 Å². The van der Waals surface area contributed by atoms with Gasteiger partial charge in [0.25, 0.3) is 0 Å². The van der Waals surface area contributed by atoms with Gasteiger partial charge >= 0.3 is 0 Å². The fourth-order valence-corrected chi connectivity index (χ4v) is 2.40. The number of amides is 1. The highest BCUT2D eigenvalue weighted by atomic mass is 16.1. The van der Waals surface area contributed by atoms with Gasteiger partial charge in [-0.25, -0.2) is 0 Å². The zero-order valence-electron chi connectivity index (χ0n) is 11.3. The van der Waals surface area contributed by atoms with Crippen molar-refractivity contribution in [1.82, 2.24) is 15.5 Å². The lowest BCUT2D eigenvalue weighted by molar-refractivity contribution is -0.120. The SMILES string of the molecule is CCNC(=O)CCNCCN(C)C1CCCC1. The van der Waals surface area contributed by atoms with Gasteiger partial charge in [0.05, 0.1) is 0 Å². The Morgan fingerprint density at radius 2 is 2.00 bits per heavy atom. The minimum Gasteiger partial charge on any atom is -0.356 e. The van der Waals surface area contributed by atoms with Crippen molar-refractivity contribution in [2.75, 3.05) is 33.2 Å². The Labute approximate surface area is 105 Å². The number of hydrogen-bond acceptors (Lipinski definition) is 3. The van der Waals surface area contributed by atoms with Gasteiger partial charge in [0, 0.05) is 38.6 Å². The van der Waals surface area contributed by atoms with E-state index < -0.39 is 0 Å².